The largest absolute Gasteiger partial charge is 0.379 e. The second-order valence-electron chi connectivity index (χ2n) is 2.77. The van der Waals surface area contributed by atoms with Gasteiger partial charge in [-0.3, -0.25) is 4.90 Å². The van der Waals surface area contributed by atoms with E-state index in [1.165, 1.54) is 0 Å². The molecule has 1 fully saturated rings. The summed E-state index contributed by atoms with van der Waals surface area (Å²) in [6, 6.07) is 0. The van der Waals surface area contributed by atoms with Gasteiger partial charge in [0.15, 0.2) is 0 Å². The normalized spacial score (nSPS) is 21.9. The van der Waals surface area contributed by atoms with Crippen molar-refractivity contribution in [2.45, 2.75) is 5.37 Å². The van der Waals surface area contributed by atoms with E-state index < -0.39 is 11.1 Å². The van der Waals surface area contributed by atoms with E-state index in [4.69, 9.17) is 14.5 Å². The third-order valence-electron chi connectivity index (χ3n) is 1.77. The van der Waals surface area contributed by atoms with Gasteiger partial charge in [-0.1, -0.05) is 0 Å². The molecule has 0 aromatic heterocycles. The molecule has 14 heavy (non-hydrogen) atoms. The van der Waals surface area contributed by atoms with Crippen molar-refractivity contribution in [3.05, 3.63) is 0 Å². The van der Waals surface area contributed by atoms with E-state index in [0.29, 0.717) is 32.6 Å². The molecule has 1 saturated heterocycles. The Labute approximate surface area is 91.3 Å². The first-order valence-electron chi connectivity index (χ1n) is 4.04. The summed E-state index contributed by atoms with van der Waals surface area (Å²) in [5.74, 6) is 0. The zero-order chi connectivity index (χ0) is 10.6. The minimum Gasteiger partial charge on any atom is -0.379 e. The van der Waals surface area contributed by atoms with Gasteiger partial charge in [-0.15, -0.1) is 0 Å². The number of ether oxygens (including phenoxy) is 1. The second kappa shape index (κ2) is 5.55. The summed E-state index contributed by atoms with van der Waals surface area (Å²) in [7, 11) is 0. The smallest absolute Gasteiger partial charge is 0.244 e. The predicted molar refractivity (Wildman–Crippen MR) is 58.6 cm³/mol. The van der Waals surface area contributed by atoms with E-state index >= 15 is 0 Å². The van der Waals surface area contributed by atoms with Crippen molar-refractivity contribution in [1.82, 2.24) is 4.90 Å². The second-order valence-corrected chi connectivity index (χ2v) is 8.83. The lowest BCUT2D eigenvalue weighted by molar-refractivity contribution is -0.111. The molecule has 82 valence electrons. The first-order valence-corrected chi connectivity index (χ1v) is 8.23. The highest BCUT2D eigenvalue weighted by molar-refractivity contribution is 8.67. The molecular formula is C6H12NO4PS2. The third kappa shape index (κ3) is 4.35. The maximum absolute atomic E-state index is 10.7. The Balaban J connectivity index is 2.52. The average molecular weight is 257 g/mol. The van der Waals surface area contributed by atoms with Crippen LogP contribution in [0.4, 0.5) is 0 Å². The molecule has 1 atom stereocenters. The molecule has 0 spiro atoms. The van der Waals surface area contributed by atoms with Crippen LogP contribution in [0.15, 0.2) is 0 Å². The Kier molecular flexibility index (Phi) is 4.99. The minimum absolute atomic E-state index is 0.560. The standard InChI is InChI=1S/C6H12NO4PS2/c8-5-6(14-12(9,10)13)7-1-3-11-4-2-7/h5-6H,1-4H2,(H2,9,10,13). The van der Waals surface area contributed by atoms with E-state index in [1.54, 1.807) is 0 Å². The number of carbonyl (C=O) groups is 1. The van der Waals surface area contributed by atoms with Crippen LogP contribution < -0.4 is 0 Å². The Morgan fingerprint density at radius 3 is 2.50 bits per heavy atom. The molecule has 5 nitrogen and oxygen atoms in total. The van der Waals surface area contributed by atoms with Crippen LogP contribution in [0.2, 0.25) is 0 Å². The van der Waals surface area contributed by atoms with Gasteiger partial charge in [0.05, 0.1) is 13.2 Å². The topological polar surface area (TPSA) is 70.0 Å². The summed E-state index contributed by atoms with van der Waals surface area (Å²) < 4.78 is 5.12. The molecule has 0 bridgehead atoms. The summed E-state index contributed by atoms with van der Waals surface area (Å²) in [6.07, 6.45) is 0.684. The maximum Gasteiger partial charge on any atom is 0.244 e. The van der Waals surface area contributed by atoms with E-state index in [1.807, 2.05) is 4.90 Å². The summed E-state index contributed by atoms with van der Waals surface area (Å²) in [5.41, 5.74) is -3.37. The van der Waals surface area contributed by atoms with Crippen LogP contribution in [-0.4, -0.2) is 52.7 Å². The zero-order valence-electron chi connectivity index (χ0n) is 7.40. The van der Waals surface area contributed by atoms with Crippen molar-refractivity contribution in [3.63, 3.8) is 0 Å². The lowest BCUT2D eigenvalue weighted by Crippen LogP contribution is -2.42. The molecule has 1 rings (SSSR count). The Bertz CT molecular complexity index is 240. The van der Waals surface area contributed by atoms with Crippen LogP contribution in [-0.2, 0) is 21.3 Å². The van der Waals surface area contributed by atoms with Crippen LogP contribution in [0, 0.1) is 0 Å². The van der Waals surface area contributed by atoms with Crippen LogP contribution in [0.3, 0.4) is 0 Å². The van der Waals surface area contributed by atoms with Crippen molar-refractivity contribution in [2.24, 2.45) is 0 Å². The number of nitrogens with zero attached hydrogens (tertiary/aromatic N) is 1. The van der Waals surface area contributed by atoms with E-state index in [0.717, 1.165) is 11.4 Å². The number of hydrogen-bond donors (Lipinski definition) is 2. The molecule has 0 saturated carbocycles. The monoisotopic (exact) mass is 257 g/mol. The van der Waals surface area contributed by atoms with Gasteiger partial charge in [0.2, 0.25) is 5.69 Å². The van der Waals surface area contributed by atoms with Crippen LogP contribution >= 0.6 is 17.1 Å². The summed E-state index contributed by atoms with van der Waals surface area (Å²) in [6.45, 7) is 2.35. The van der Waals surface area contributed by atoms with Gasteiger partial charge in [0.25, 0.3) is 0 Å². The van der Waals surface area contributed by atoms with Crippen LogP contribution in [0.1, 0.15) is 0 Å². The van der Waals surface area contributed by atoms with Gasteiger partial charge in [-0.2, -0.15) is 0 Å². The summed E-state index contributed by atoms with van der Waals surface area (Å²) in [4.78, 5) is 30.7. The highest BCUT2D eigenvalue weighted by Crippen LogP contribution is 2.53. The molecule has 0 aromatic carbocycles. The van der Waals surface area contributed by atoms with E-state index in [-0.39, 0.29) is 0 Å². The SMILES string of the molecule is O=CC(SP(O)(O)=S)N1CCOCC1. The minimum atomic E-state index is -3.37. The van der Waals surface area contributed by atoms with Gasteiger partial charge in [-0.05, 0) is 23.2 Å². The molecule has 1 aliphatic rings. The molecule has 2 N–H and O–H groups in total. The fourth-order valence-electron chi connectivity index (χ4n) is 1.15. The highest BCUT2D eigenvalue weighted by Gasteiger charge is 2.25. The summed E-state index contributed by atoms with van der Waals surface area (Å²) >= 11 is 5.21. The first kappa shape index (κ1) is 12.6. The van der Waals surface area contributed by atoms with Crippen molar-refractivity contribution in [3.8, 4) is 0 Å². The fraction of sp³-hybridized carbons (Fsp3) is 0.833. The Hall–Kier alpha value is 0.510. The number of aldehydes is 1. The van der Waals surface area contributed by atoms with Gasteiger partial charge in [0.1, 0.15) is 11.7 Å². The molecule has 0 aliphatic carbocycles. The molecule has 1 aliphatic heterocycles. The van der Waals surface area contributed by atoms with E-state index in [9.17, 15) is 4.79 Å². The predicted octanol–water partition coefficient (Wildman–Crippen LogP) is -0.214. The van der Waals surface area contributed by atoms with Crippen molar-refractivity contribution in [1.29, 1.82) is 0 Å². The van der Waals surface area contributed by atoms with Crippen molar-refractivity contribution >= 4 is 35.2 Å². The number of hydrogen-bond acceptors (Lipinski definition) is 5. The lowest BCUT2D eigenvalue weighted by Gasteiger charge is -2.31. The number of rotatable bonds is 4. The Morgan fingerprint density at radius 1 is 1.50 bits per heavy atom. The van der Waals surface area contributed by atoms with Gasteiger partial charge < -0.3 is 19.3 Å². The molecule has 1 unspecified atom stereocenters. The Morgan fingerprint density at radius 2 is 2.07 bits per heavy atom. The molecule has 1 heterocycles. The number of carbonyl (C=O) groups excluding carboxylic acids is 1. The van der Waals surface area contributed by atoms with Crippen LogP contribution in [0.5, 0.6) is 0 Å². The van der Waals surface area contributed by atoms with Crippen molar-refractivity contribution < 1.29 is 19.3 Å². The number of morpholine rings is 1. The average Bonchev–Trinajstić information content (AvgIpc) is 2.14. The van der Waals surface area contributed by atoms with Crippen molar-refractivity contribution in [2.75, 3.05) is 26.3 Å². The lowest BCUT2D eigenvalue weighted by atomic mass is 10.4. The fourth-order valence-corrected chi connectivity index (χ4v) is 4.01. The summed E-state index contributed by atoms with van der Waals surface area (Å²) in [5, 5.41) is -0.570. The van der Waals surface area contributed by atoms with Gasteiger partial charge in [0, 0.05) is 13.1 Å². The zero-order valence-corrected chi connectivity index (χ0v) is 9.93. The molecule has 8 heteroatoms. The van der Waals surface area contributed by atoms with E-state index in [2.05, 4.69) is 11.8 Å². The third-order valence-corrected chi connectivity index (χ3v) is 4.91. The molecule has 0 radical (unpaired) electrons. The molecule has 0 aromatic rings. The quantitative estimate of drug-likeness (QED) is 0.533. The van der Waals surface area contributed by atoms with Gasteiger partial charge in [-0.25, -0.2) is 0 Å². The highest BCUT2D eigenvalue weighted by atomic mass is 32.9. The van der Waals surface area contributed by atoms with Crippen LogP contribution in [0.25, 0.3) is 0 Å². The van der Waals surface area contributed by atoms with Gasteiger partial charge >= 0.3 is 0 Å². The first-order chi connectivity index (χ1) is 6.53. The molecular weight excluding hydrogens is 245 g/mol. The maximum atomic E-state index is 10.7. The molecule has 0 amide bonds.